The maximum Gasteiger partial charge on any atom is 0.244 e. The van der Waals surface area contributed by atoms with Crippen LogP contribution in [0.2, 0.25) is 0 Å². The number of pyridine rings is 1. The highest BCUT2D eigenvalue weighted by Crippen LogP contribution is 2.17. The van der Waals surface area contributed by atoms with E-state index < -0.39 is 0 Å². The van der Waals surface area contributed by atoms with Gasteiger partial charge in [-0.2, -0.15) is 0 Å². The van der Waals surface area contributed by atoms with Gasteiger partial charge in [-0.25, -0.2) is 0 Å². The molecule has 3 nitrogen and oxygen atoms in total. The zero-order chi connectivity index (χ0) is 11.2. The van der Waals surface area contributed by atoms with Crippen LogP contribution >= 0.6 is 0 Å². The Labute approximate surface area is 95.6 Å². The van der Waals surface area contributed by atoms with E-state index in [9.17, 15) is 4.79 Å². The first-order valence-corrected chi connectivity index (χ1v) is 5.73. The number of nitrogens with zero attached hydrogens (tertiary/aromatic N) is 1. The molecule has 0 spiro atoms. The molecule has 0 aromatic carbocycles. The van der Waals surface area contributed by atoms with Crippen molar-refractivity contribution < 1.29 is 4.79 Å². The Bertz CT molecular complexity index is 367. The monoisotopic (exact) mass is 216 g/mol. The lowest BCUT2D eigenvalue weighted by atomic mass is 10.2. The lowest BCUT2D eigenvalue weighted by Gasteiger charge is -2.08. The van der Waals surface area contributed by atoms with Gasteiger partial charge in [-0.05, 0) is 30.5 Å². The summed E-state index contributed by atoms with van der Waals surface area (Å²) in [6, 6.07) is 4.16. The molecule has 2 rings (SSSR count). The lowest BCUT2D eigenvalue weighted by molar-refractivity contribution is -0.117. The molecule has 1 aliphatic rings. The molecule has 0 atom stereocenters. The van der Waals surface area contributed by atoms with Gasteiger partial charge >= 0.3 is 0 Å². The maximum atomic E-state index is 11.6. The number of aromatic nitrogens is 1. The van der Waals surface area contributed by atoms with Gasteiger partial charge in [0.1, 0.15) is 0 Å². The lowest BCUT2D eigenvalue weighted by Crippen LogP contribution is -2.30. The van der Waals surface area contributed by atoms with E-state index in [0.29, 0.717) is 6.04 Å². The molecular formula is C13H16N2O. The van der Waals surface area contributed by atoms with E-state index in [1.165, 1.54) is 12.8 Å². The van der Waals surface area contributed by atoms with Crippen LogP contribution in [0.25, 0.3) is 6.08 Å². The third-order valence-electron chi connectivity index (χ3n) is 2.81. The van der Waals surface area contributed by atoms with Gasteiger partial charge < -0.3 is 5.32 Å². The van der Waals surface area contributed by atoms with Gasteiger partial charge in [-0.3, -0.25) is 9.78 Å². The summed E-state index contributed by atoms with van der Waals surface area (Å²) in [6.45, 7) is 0. The Morgan fingerprint density at radius 1 is 1.44 bits per heavy atom. The molecular weight excluding hydrogens is 200 g/mol. The molecule has 1 aliphatic carbocycles. The summed E-state index contributed by atoms with van der Waals surface area (Å²) in [5, 5.41) is 3.00. The molecule has 1 aromatic rings. The van der Waals surface area contributed by atoms with Crippen LogP contribution < -0.4 is 5.32 Å². The number of hydrogen-bond donors (Lipinski definition) is 1. The Balaban J connectivity index is 1.84. The third kappa shape index (κ3) is 3.19. The molecule has 1 amide bonds. The van der Waals surface area contributed by atoms with E-state index in [1.54, 1.807) is 24.5 Å². The fraction of sp³-hybridized carbons (Fsp3) is 0.385. The average molecular weight is 216 g/mol. The molecule has 84 valence electrons. The van der Waals surface area contributed by atoms with Crippen LogP contribution in [0.3, 0.4) is 0 Å². The number of amides is 1. The van der Waals surface area contributed by atoms with Crippen molar-refractivity contribution in [2.24, 2.45) is 0 Å². The molecule has 1 fully saturated rings. The van der Waals surface area contributed by atoms with E-state index >= 15 is 0 Å². The van der Waals surface area contributed by atoms with E-state index in [1.807, 2.05) is 12.1 Å². The number of carbonyl (C=O) groups is 1. The summed E-state index contributed by atoms with van der Waals surface area (Å²) >= 11 is 0. The SMILES string of the molecule is O=C(/C=C/c1cccnc1)NC1CCCC1. The van der Waals surface area contributed by atoms with Crippen molar-refractivity contribution in [3.05, 3.63) is 36.2 Å². The van der Waals surface area contributed by atoms with Gasteiger partial charge in [-0.15, -0.1) is 0 Å². The summed E-state index contributed by atoms with van der Waals surface area (Å²) in [4.78, 5) is 15.5. The molecule has 3 heteroatoms. The second-order valence-corrected chi connectivity index (χ2v) is 4.11. The molecule has 0 unspecified atom stereocenters. The second kappa shape index (κ2) is 5.45. The normalized spacial score (nSPS) is 16.8. The Morgan fingerprint density at radius 3 is 2.94 bits per heavy atom. The summed E-state index contributed by atoms with van der Waals surface area (Å²) < 4.78 is 0. The predicted octanol–water partition coefficient (Wildman–Crippen LogP) is 2.15. The summed E-state index contributed by atoms with van der Waals surface area (Å²) in [5.41, 5.74) is 0.948. The van der Waals surface area contributed by atoms with Crippen molar-refractivity contribution in [1.29, 1.82) is 0 Å². The highest BCUT2D eigenvalue weighted by atomic mass is 16.1. The topological polar surface area (TPSA) is 42.0 Å². The average Bonchev–Trinajstić information content (AvgIpc) is 2.81. The maximum absolute atomic E-state index is 11.6. The van der Waals surface area contributed by atoms with Crippen LogP contribution in [0.5, 0.6) is 0 Å². The smallest absolute Gasteiger partial charge is 0.244 e. The van der Waals surface area contributed by atoms with Crippen LogP contribution in [0, 0.1) is 0 Å². The molecule has 0 saturated heterocycles. The van der Waals surface area contributed by atoms with E-state index in [2.05, 4.69) is 10.3 Å². The van der Waals surface area contributed by atoms with Gasteiger partial charge in [0.2, 0.25) is 5.91 Å². The first-order chi connectivity index (χ1) is 7.84. The standard InChI is InChI=1S/C13H16N2O/c16-13(15-12-5-1-2-6-12)8-7-11-4-3-9-14-10-11/h3-4,7-10,12H,1-2,5-6H2,(H,15,16)/b8-7+. The van der Waals surface area contributed by atoms with Gasteiger partial charge in [0, 0.05) is 24.5 Å². The van der Waals surface area contributed by atoms with Gasteiger partial charge in [0.25, 0.3) is 0 Å². The Kier molecular flexibility index (Phi) is 3.70. The summed E-state index contributed by atoms with van der Waals surface area (Å²) in [6.07, 6.45) is 11.5. The second-order valence-electron chi connectivity index (χ2n) is 4.11. The molecule has 1 aromatic heterocycles. The third-order valence-corrected chi connectivity index (χ3v) is 2.81. The van der Waals surface area contributed by atoms with Crippen LogP contribution in [0.4, 0.5) is 0 Å². The van der Waals surface area contributed by atoms with Crippen LogP contribution in [0.15, 0.2) is 30.6 Å². The first kappa shape index (κ1) is 10.9. The number of hydrogen-bond acceptors (Lipinski definition) is 2. The molecule has 0 aliphatic heterocycles. The fourth-order valence-corrected chi connectivity index (χ4v) is 1.97. The Hall–Kier alpha value is -1.64. The zero-order valence-electron chi connectivity index (χ0n) is 9.23. The highest BCUT2D eigenvalue weighted by molar-refractivity contribution is 5.91. The van der Waals surface area contributed by atoms with Gasteiger partial charge in [0.15, 0.2) is 0 Å². The molecule has 0 radical (unpaired) electrons. The fourth-order valence-electron chi connectivity index (χ4n) is 1.97. The predicted molar refractivity (Wildman–Crippen MR) is 63.7 cm³/mol. The highest BCUT2D eigenvalue weighted by Gasteiger charge is 2.15. The van der Waals surface area contributed by atoms with Crippen molar-refractivity contribution >= 4 is 12.0 Å². The van der Waals surface area contributed by atoms with E-state index in [4.69, 9.17) is 0 Å². The number of carbonyl (C=O) groups excluding carboxylic acids is 1. The minimum atomic E-state index is -0.00393. The molecule has 1 heterocycles. The van der Waals surface area contributed by atoms with Crippen molar-refractivity contribution in [1.82, 2.24) is 10.3 Å². The van der Waals surface area contributed by atoms with Crippen LogP contribution in [-0.2, 0) is 4.79 Å². The van der Waals surface area contributed by atoms with E-state index in [0.717, 1.165) is 18.4 Å². The van der Waals surface area contributed by atoms with Gasteiger partial charge in [-0.1, -0.05) is 18.9 Å². The van der Waals surface area contributed by atoms with Crippen molar-refractivity contribution in [2.75, 3.05) is 0 Å². The van der Waals surface area contributed by atoms with Crippen molar-refractivity contribution in [3.63, 3.8) is 0 Å². The largest absolute Gasteiger partial charge is 0.350 e. The zero-order valence-corrected chi connectivity index (χ0v) is 9.23. The molecule has 0 bridgehead atoms. The quantitative estimate of drug-likeness (QED) is 0.787. The van der Waals surface area contributed by atoms with E-state index in [-0.39, 0.29) is 5.91 Å². The minimum Gasteiger partial charge on any atom is -0.350 e. The molecule has 1 N–H and O–H groups in total. The first-order valence-electron chi connectivity index (χ1n) is 5.73. The van der Waals surface area contributed by atoms with Gasteiger partial charge in [0.05, 0.1) is 0 Å². The number of rotatable bonds is 3. The van der Waals surface area contributed by atoms with Crippen LogP contribution in [-0.4, -0.2) is 16.9 Å². The Morgan fingerprint density at radius 2 is 2.25 bits per heavy atom. The minimum absolute atomic E-state index is 0.00393. The van der Waals surface area contributed by atoms with Crippen LogP contribution in [0.1, 0.15) is 31.2 Å². The molecule has 16 heavy (non-hydrogen) atoms. The summed E-state index contributed by atoms with van der Waals surface area (Å²) in [5.74, 6) is -0.00393. The van der Waals surface area contributed by atoms with Crippen molar-refractivity contribution in [2.45, 2.75) is 31.7 Å². The number of nitrogens with one attached hydrogen (secondary N) is 1. The summed E-state index contributed by atoms with van der Waals surface area (Å²) in [7, 11) is 0. The van der Waals surface area contributed by atoms with Crippen molar-refractivity contribution in [3.8, 4) is 0 Å². The molecule has 1 saturated carbocycles.